The molecule has 0 amide bonds. The molecule has 0 fully saturated rings. The van der Waals surface area contributed by atoms with E-state index in [0.717, 1.165) is 29.2 Å². The van der Waals surface area contributed by atoms with Crippen molar-refractivity contribution in [3.8, 4) is 17.2 Å². The van der Waals surface area contributed by atoms with Gasteiger partial charge in [0.25, 0.3) is 0 Å². The highest BCUT2D eigenvalue weighted by atomic mass is 16.7. The molecule has 4 heteroatoms. The van der Waals surface area contributed by atoms with E-state index in [1.165, 1.54) is 0 Å². The summed E-state index contributed by atoms with van der Waals surface area (Å²) in [5.41, 5.74) is 0.956. The Morgan fingerprint density at radius 2 is 2.06 bits per heavy atom. The van der Waals surface area contributed by atoms with E-state index in [1.54, 1.807) is 0 Å². The molecule has 2 heterocycles. The van der Waals surface area contributed by atoms with Crippen LogP contribution < -0.4 is 19.5 Å². The third kappa shape index (κ3) is 1.63. The number of rotatable bonds is 1. The van der Waals surface area contributed by atoms with Crippen LogP contribution in [0.1, 0.15) is 31.9 Å². The van der Waals surface area contributed by atoms with Crippen LogP contribution >= 0.6 is 0 Å². The molecule has 0 saturated carbocycles. The van der Waals surface area contributed by atoms with Crippen molar-refractivity contribution in [3.05, 3.63) is 17.7 Å². The fourth-order valence-electron chi connectivity index (χ4n) is 2.52. The first kappa shape index (κ1) is 10.7. The van der Waals surface area contributed by atoms with Crippen LogP contribution in [0.15, 0.2) is 12.1 Å². The van der Waals surface area contributed by atoms with Gasteiger partial charge in [-0.05, 0) is 33.0 Å². The molecule has 0 spiro atoms. The maximum absolute atomic E-state index is 6.05. The van der Waals surface area contributed by atoms with Gasteiger partial charge in [0.1, 0.15) is 5.60 Å². The van der Waals surface area contributed by atoms with Crippen molar-refractivity contribution in [3.63, 3.8) is 0 Å². The van der Waals surface area contributed by atoms with Crippen LogP contribution in [0.4, 0.5) is 0 Å². The van der Waals surface area contributed by atoms with Crippen molar-refractivity contribution in [2.75, 3.05) is 13.8 Å². The molecule has 0 aliphatic carbocycles. The van der Waals surface area contributed by atoms with Crippen LogP contribution in [-0.4, -0.2) is 19.4 Å². The van der Waals surface area contributed by atoms with E-state index in [2.05, 4.69) is 25.2 Å². The van der Waals surface area contributed by atoms with Crippen molar-refractivity contribution in [1.29, 1.82) is 0 Å². The summed E-state index contributed by atoms with van der Waals surface area (Å²) < 4.78 is 16.9. The van der Waals surface area contributed by atoms with Gasteiger partial charge in [-0.2, -0.15) is 0 Å². The van der Waals surface area contributed by atoms with Crippen LogP contribution in [-0.2, 0) is 0 Å². The molecule has 2 aliphatic heterocycles. The largest absolute Gasteiger partial charge is 0.483 e. The highest BCUT2D eigenvalue weighted by Gasteiger charge is 2.37. The monoisotopic (exact) mass is 235 g/mol. The summed E-state index contributed by atoms with van der Waals surface area (Å²) in [4.78, 5) is 0. The molecule has 0 radical (unpaired) electrons. The number of hydrogen-bond donors (Lipinski definition) is 1. The lowest BCUT2D eigenvalue weighted by Crippen LogP contribution is -2.38. The lowest BCUT2D eigenvalue weighted by molar-refractivity contribution is 0.0625. The minimum Gasteiger partial charge on any atom is -0.483 e. The fourth-order valence-corrected chi connectivity index (χ4v) is 2.52. The molecule has 2 aliphatic rings. The summed E-state index contributed by atoms with van der Waals surface area (Å²) >= 11 is 0. The van der Waals surface area contributed by atoms with Crippen LogP contribution in [0.2, 0.25) is 0 Å². The standard InChI is InChI=1S/C13H17NO3/c1-13(2)6-9(14-3)8-4-5-10-12(11(8)17-13)16-7-15-10/h4-5,9,14H,6-7H2,1-3H3. The Balaban J connectivity index is 2.13. The Morgan fingerprint density at radius 1 is 1.24 bits per heavy atom. The van der Waals surface area contributed by atoms with Gasteiger partial charge in [0, 0.05) is 18.0 Å². The molecule has 0 aromatic heterocycles. The summed E-state index contributed by atoms with van der Waals surface area (Å²) in [7, 11) is 1.97. The van der Waals surface area contributed by atoms with Crippen molar-refractivity contribution < 1.29 is 14.2 Å². The van der Waals surface area contributed by atoms with Crippen molar-refractivity contribution >= 4 is 0 Å². The number of fused-ring (bicyclic) bond motifs is 3. The van der Waals surface area contributed by atoms with Gasteiger partial charge in [-0.25, -0.2) is 0 Å². The lowest BCUT2D eigenvalue weighted by Gasteiger charge is -2.37. The second-order valence-electron chi connectivity index (χ2n) is 5.12. The highest BCUT2D eigenvalue weighted by molar-refractivity contribution is 5.58. The number of nitrogens with one attached hydrogen (secondary N) is 1. The van der Waals surface area contributed by atoms with E-state index in [0.29, 0.717) is 6.04 Å². The molecule has 17 heavy (non-hydrogen) atoms. The fraction of sp³-hybridized carbons (Fsp3) is 0.538. The van der Waals surface area contributed by atoms with Gasteiger partial charge in [0.15, 0.2) is 11.5 Å². The first-order valence-corrected chi connectivity index (χ1v) is 5.89. The van der Waals surface area contributed by atoms with Gasteiger partial charge in [0.2, 0.25) is 12.5 Å². The van der Waals surface area contributed by atoms with Crippen LogP contribution in [0.5, 0.6) is 17.2 Å². The first-order valence-electron chi connectivity index (χ1n) is 5.89. The maximum Gasteiger partial charge on any atom is 0.231 e. The average molecular weight is 235 g/mol. The van der Waals surface area contributed by atoms with Crippen LogP contribution in [0, 0.1) is 0 Å². The zero-order valence-corrected chi connectivity index (χ0v) is 10.4. The molecule has 4 nitrogen and oxygen atoms in total. The topological polar surface area (TPSA) is 39.7 Å². The van der Waals surface area contributed by atoms with Gasteiger partial charge >= 0.3 is 0 Å². The number of benzene rings is 1. The lowest BCUT2D eigenvalue weighted by atomic mass is 9.89. The molecule has 3 rings (SSSR count). The van der Waals surface area contributed by atoms with E-state index >= 15 is 0 Å². The third-order valence-electron chi connectivity index (χ3n) is 3.32. The van der Waals surface area contributed by atoms with Gasteiger partial charge in [-0.1, -0.05) is 0 Å². The zero-order chi connectivity index (χ0) is 12.0. The van der Waals surface area contributed by atoms with Gasteiger partial charge in [-0.3, -0.25) is 0 Å². The molecule has 1 N–H and O–H groups in total. The minimum absolute atomic E-state index is 0.193. The summed E-state index contributed by atoms with van der Waals surface area (Å²) in [5.74, 6) is 2.35. The predicted molar refractivity (Wildman–Crippen MR) is 63.7 cm³/mol. The summed E-state index contributed by atoms with van der Waals surface area (Å²) in [6.45, 7) is 4.46. The van der Waals surface area contributed by atoms with Crippen LogP contribution in [0.3, 0.4) is 0 Å². The van der Waals surface area contributed by atoms with E-state index in [4.69, 9.17) is 14.2 Å². The Hall–Kier alpha value is -1.42. The van der Waals surface area contributed by atoms with E-state index < -0.39 is 0 Å². The zero-order valence-electron chi connectivity index (χ0n) is 10.4. The number of hydrogen-bond acceptors (Lipinski definition) is 4. The molecular weight excluding hydrogens is 218 g/mol. The van der Waals surface area contributed by atoms with Crippen LogP contribution in [0.25, 0.3) is 0 Å². The molecule has 0 bridgehead atoms. The Labute approximate surface area is 101 Å². The molecule has 0 saturated heterocycles. The second kappa shape index (κ2) is 3.53. The minimum atomic E-state index is -0.193. The van der Waals surface area contributed by atoms with Crippen molar-refractivity contribution in [2.24, 2.45) is 0 Å². The second-order valence-corrected chi connectivity index (χ2v) is 5.12. The van der Waals surface area contributed by atoms with E-state index in [-0.39, 0.29) is 12.4 Å². The van der Waals surface area contributed by atoms with Gasteiger partial charge in [0.05, 0.1) is 0 Å². The molecule has 1 unspecified atom stereocenters. The Kier molecular flexibility index (Phi) is 2.23. The smallest absolute Gasteiger partial charge is 0.231 e. The molecule has 92 valence electrons. The summed E-state index contributed by atoms with van der Waals surface area (Å²) in [6, 6.07) is 4.30. The molecule has 1 aromatic carbocycles. The normalized spacial score (nSPS) is 24.1. The first-order chi connectivity index (χ1) is 8.11. The predicted octanol–water partition coefficient (Wildman–Crippen LogP) is 2.24. The van der Waals surface area contributed by atoms with Gasteiger partial charge in [-0.15, -0.1) is 0 Å². The third-order valence-corrected chi connectivity index (χ3v) is 3.32. The highest BCUT2D eigenvalue weighted by Crippen LogP contribution is 2.50. The average Bonchev–Trinajstić information content (AvgIpc) is 2.75. The van der Waals surface area contributed by atoms with Crippen molar-refractivity contribution in [1.82, 2.24) is 5.32 Å². The Bertz CT molecular complexity index is 456. The maximum atomic E-state index is 6.05. The SMILES string of the molecule is CNC1CC(C)(C)Oc2c1ccc1c2OCO1. The molecular formula is C13H17NO3. The molecule has 1 atom stereocenters. The molecule has 1 aromatic rings. The quantitative estimate of drug-likeness (QED) is 0.810. The van der Waals surface area contributed by atoms with E-state index in [9.17, 15) is 0 Å². The van der Waals surface area contributed by atoms with Gasteiger partial charge < -0.3 is 19.5 Å². The van der Waals surface area contributed by atoms with E-state index in [1.807, 2.05) is 13.1 Å². The van der Waals surface area contributed by atoms with Crippen molar-refractivity contribution in [2.45, 2.75) is 31.9 Å². The summed E-state index contributed by atoms with van der Waals surface area (Å²) in [6.07, 6.45) is 0.941. The summed E-state index contributed by atoms with van der Waals surface area (Å²) in [5, 5.41) is 3.33. The number of ether oxygens (including phenoxy) is 3. The Morgan fingerprint density at radius 3 is 2.82 bits per heavy atom.